The maximum Gasteiger partial charge on any atom is 0.271 e. The molecule has 7 heteroatoms. The SMILES string of the molecule is COc1ccc([N+](=O)[O-])cc1NC(=S)NC1CCCC1. The van der Waals surface area contributed by atoms with Crippen LogP contribution in [-0.4, -0.2) is 23.2 Å². The molecule has 1 aromatic carbocycles. The fraction of sp³-hybridized carbons (Fsp3) is 0.462. The average molecular weight is 295 g/mol. The first-order valence-corrected chi connectivity index (χ1v) is 6.91. The monoisotopic (exact) mass is 295 g/mol. The predicted molar refractivity (Wildman–Crippen MR) is 81.3 cm³/mol. The van der Waals surface area contributed by atoms with Crippen LogP contribution in [-0.2, 0) is 0 Å². The molecule has 0 saturated heterocycles. The van der Waals surface area contributed by atoms with Crippen molar-refractivity contribution in [3.8, 4) is 5.75 Å². The number of thiocarbonyl (C=S) groups is 1. The van der Waals surface area contributed by atoms with Crippen LogP contribution in [0.25, 0.3) is 0 Å². The molecule has 0 atom stereocenters. The van der Waals surface area contributed by atoms with Gasteiger partial charge < -0.3 is 15.4 Å². The van der Waals surface area contributed by atoms with Crippen molar-refractivity contribution in [1.82, 2.24) is 5.32 Å². The summed E-state index contributed by atoms with van der Waals surface area (Å²) in [6.45, 7) is 0. The number of nitrogens with zero attached hydrogens (tertiary/aromatic N) is 1. The molecule has 20 heavy (non-hydrogen) atoms. The minimum Gasteiger partial charge on any atom is -0.495 e. The summed E-state index contributed by atoms with van der Waals surface area (Å²) in [4.78, 5) is 10.4. The summed E-state index contributed by atoms with van der Waals surface area (Å²) in [5, 5.41) is 17.5. The topological polar surface area (TPSA) is 76.4 Å². The van der Waals surface area contributed by atoms with E-state index in [9.17, 15) is 10.1 Å². The molecular weight excluding hydrogens is 278 g/mol. The van der Waals surface area contributed by atoms with Gasteiger partial charge in [-0.25, -0.2) is 0 Å². The standard InChI is InChI=1S/C13H17N3O3S/c1-19-12-7-6-10(16(17)18)8-11(12)15-13(20)14-9-4-2-3-5-9/h6-9H,2-5H2,1H3,(H2,14,15,20). The second kappa shape index (κ2) is 6.51. The third-order valence-electron chi connectivity index (χ3n) is 3.33. The van der Waals surface area contributed by atoms with Crippen molar-refractivity contribution >= 4 is 28.7 Å². The van der Waals surface area contributed by atoms with E-state index in [-0.39, 0.29) is 5.69 Å². The highest BCUT2D eigenvalue weighted by Gasteiger charge is 2.17. The van der Waals surface area contributed by atoms with Gasteiger partial charge in [0.25, 0.3) is 5.69 Å². The van der Waals surface area contributed by atoms with Crippen molar-refractivity contribution in [2.45, 2.75) is 31.7 Å². The van der Waals surface area contributed by atoms with Crippen molar-refractivity contribution in [2.75, 3.05) is 12.4 Å². The Bertz CT molecular complexity index is 516. The van der Waals surface area contributed by atoms with Gasteiger partial charge in [-0.2, -0.15) is 0 Å². The fourth-order valence-electron chi connectivity index (χ4n) is 2.32. The van der Waals surface area contributed by atoms with Crippen LogP contribution in [0, 0.1) is 10.1 Å². The number of benzene rings is 1. The Morgan fingerprint density at radius 2 is 2.15 bits per heavy atom. The third kappa shape index (κ3) is 3.57. The molecule has 1 fully saturated rings. The molecule has 1 aliphatic rings. The van der Waals surface area contributed by atoms with E-state index in [0.717, 1.165) is 12.8 Å². The van der Waals surface area contributed by atoms with Crippen LogP contribution in [0.5, 0.6) is 5.75 Å². The predicted octanol–water partition coefficient (Wildman–Crippen LogP) is 2.83. The molecule has 6 nitrogen and oxygen atoms in total. The Labute approximate surface area is 122 Å². The van der Waals surface area contributed by atoms with Crippen molar-refractivity contribution in [3.63, 3.8) is 0 Å². The molecule has 0 spiro atoms. The zero-order chi connectivity index (χ0) is 14.5. The second-order valence-corrected chi connectivity index (χ2v) is 5.13. The lowest BCUT2D eigenvalue weighted by Crippen LogP contribution is -2.36. The van der Waals surface area contributed by atoms with Crippen molar-refractivity contribution < 1.29 is 9.66 Å². The number of nitrogens with one attached hydrogen (secondary N) is 2. The van der Waals surface area contributed by atoms with Gasteiger partial charge in [0.1, 0.15) is 5.75 Å². The summed E-state index contributed by atoms with van der Waals surface area (Å²) < 4.78 is 5.18. The molecule has 2 N–H and O–H groups in total. The molecule has 1 saturated carbocycles. The lowest BCUT2D eigenvalue weighted by molar-refractivity contribution is -0.384. The Balaban J connectivity index is 2.07. The lowest BCUT2D eigenvalue weighted by atomic mass is 10.2. The number of non-ortho nitro benzene ring substituents is 1. The highest BCUT2D eigenvalue weighted by Crippen LogP contribution is 2.29. The highest BCUT2D eigenvalue weighted by atomic mass is 32.1. The lowest BCUT2D eigenvalue weighted by Gasteiger charge is -2.17. The van der Waals surface area contributed by atoms with E-state index in [1.54, 1.807) is 6.07 Å². The highest BCUT2D eigenvalue weighted by molar-refractivity contribution is 7.80. The molecule has 0 unspecified atom stereocenters. The van der Waals surface area contributed by atoms with Crippen LogP contribution >= 0.6 is 12.2 Å². The minimum atomic E-state index is -0.446. The van der Waals surface area contributed by atoms with E-state index in [4.69, 9.17) is 17.0 Å². The fourth-order valence-corrected chi connectivity index (χ4v) is 2.60. The number of ether oxygens (including phenoxy) is 1. The number of hydrogen-bond donors (Lipinski definition) is 2. The number of methoxy groups -OCH3 is 1. The summed E-state index contributed by atoms with van der Waals surface area (Å²) in [6, 6.07) is 4.76. The zero-order valence-electron chi connectivity index (χ0n) is 11.2. The van der Waals surface area contributed by atoms with Gasteiger partial charge in [0.15, 0.2) is 5.11 Å². The van der Waals surface area contributed by atoms with Gasteiger partial charge in [-0.3, -0.25) is 10.1 Å². The quantitative estimate of drug-likeness (QED) is 0.505. The zero-order valence-corrected chi connectivity index (χ0v) is 12.0. The van der Waals surface area contributed by atoms with E-state index >= 15 is 0 Å². The first-order chi connectivity index (χ1) is 9.60. The van der Waals surface area contributed by atoms with Crippen LogP contribution in [0.2, 0.25) is 0 Å². The molecule has 2 rings (SSSR count). The van der Waals surface area contributed by atoms with Crippen LogP contribution in [0.4, 0.5) is 11.4 Å². The number of nitro groups is 1. The third-order valence-corrected chi connectivity index (χ3v) is 3.55. The van der Waals surface area contributed by atoms with Crippen molar-refractivity contribution in [3.05, 3.63) is 28.3 Å². The summed E-state index contributed by atoms with van der Waals surface area (Å²) in [6.07, 6.45) is 4.63. The van der Waals surface area contributed by atoms with Crippen LogP contribution in [0.1, 0.15) is 25.7 Å². The molecule has 1 aromatic rings. The van der Waals surface area contributed by atoms with Gasteiger partial charge in [0.2, 0.25) is 0 Å². The molecular formula is C13H17N3O3S. The largest absolute Gasteiger partial charge is 0.495 e. The number of nitro benzene ring substituents is 1. The average Bonchev–Trinajstić information content (AvgIpc) is 2.91. The van der Waals surface area contributed by atoms with Crippen molar-refractivity contribution in [2.24, 2.45) is 0 Å². The maximum absolute atomic E-state index is 10.8. The van der Waals surface area contributed by atoms with E-state index < -0.39 is 4.92 Å². The van der Waals surface area contributed by atoms with Crippen molar-refractivity contribution in [1.29, 1.82) is 0 Å². The van der Waals surface area contributed by atoms with Gasteiger partial charge in [0.05, 0.1) is 17.7 Å². The molecule has 1 aliphatic carbocycles. The Morgan fingerprint density at radius 1 is 1.45 bits per heavy atom. The minimum absolute atomic E-state index is 0.00281. The van der Waals surface area contributed by atoms with Gasteiger partial charge in [0, 0.05) is 18.2 Å². The van der Waals surface area contributed by atoms with Gasteiger partial charge >= 0.3 is 0 Å². The maximum atomic E-state index is 10.8. The van der Waals surface area contributed by atoms with E-state index in [2.05, 4.69) is 10.6 Å². The molecule has 0 amide bonds. The van der Waals surface area contributed by atoms with Gasteiger partial charge in [-0.15, -0.1) is 0 Å². The molecule has 0 bridgehead atoms. The Morgan fingerprint density at radius 3 is 2.75 bits per heavy atom. The first kappa shape index (κ1) is 14.5. The normalized spacial score (nSPS) is 14.8. The summed E-state index contributed by atoms with van der Waals surface area (Å²) in [7, 11) is 1.51. The molecule has 0 radical (unpaired) electrons. The second-order valence-electron chi connectivity index (χ2n) is 4.72. The van der Waals surface area contributed by atoms with E-state index in [1.165, 1.54) is 32.1 Å². The van der Waals surface area contributed by atoms with E-state index in [1.807, 2.05) is 0 Å². The van der Waals surface area contributed by atoms with Gasteiger partial charge in [-0.05, 0) is 31.1 Å². The summed E-state index contributed by atoms with van der Waals surface area (Å²) >= 11 is 5.24. The van der Waals surface area contributed by atoms with E-state index in [0.29, 0.717) is 22.6 Å². The molecule has 0 aromatic heterocycles. The number of anilines is 1. The first-order valence-electron chi connectivity index (χ1n) is 6.50. The number of hydrogen-bond acceptors (Lipinski definition) is 4. The summed E-state index contributed by atoms with van der Waals surface area (Å²) in [5.41, 5.74) is 0.495. The van der Waals surface area contributed by atoms with Gasteiger partial charge in [-0.1, -0.05) is 12.8 Å². The number of rotatable bonds is 4. The van der Waals surface area contributed by atoms with Crippen LogP contribution in [0.15, 0.2) is 18.2 Å². The summed E-state index contributed by atoms with van der Waals surface area (Å²) in [5.74, 6) is 0.520. The smallest absolute Gasteiger partial charge is 0.271 e. The Hall–Kier alpha value is -1.89. The molecule has 108 valence electrons. The van der Waals surface area contributed by atoms with Crippen LogP contribution in [0.3, 0.4) is 0 Å². The molecule has 0 aliphatic heterocycles. The Kier molecular flexibility index (Phi) is 4.73. The molecule has 0 heterocycles. The van der Waals surface area contributed by atoms with Crippen LogP contribution < -0.4 is 15.4 Å².